The Hall–Kier alpha value is -3.49. The molecule has 0 radical (unpaired) electrons. The topological polar surface area (TPSA) is 76.1 Å². The molecule has 0 fully saturated rings. The maximum atomic E-state index is 12.8. The highest BCUT2D eigenvalue weighted by molar-refractivity contribution is 6.44. The quantitative estimate of drug-likeness (QED) is 0.697. The fourth-order valence-electron chi connectivity index (χ4n) is 2.81. The normalized spacial score (nSPS) is 14.7. The number of anilines is 1. The predicted molar refractivity (Wildman–Crippen MR) is 102 cm³/mol. The van der Waals surface area contributed by atoms with Gasteiger partial charge in [0.1, 0.15) is 11.5 Å². The van der Waals surface area contributed by atoms with Crippen molar-refractivity contribution in [1.82, 2.24) is 0 Å². The Bertz CT molecular complexity index is 996. The van der Waals surface area contributed by atoms with Gasteiger partial charge in [0.05, 0.1) is 17.9 Å². The zero-order chi connectivity index (χ0) is 22.1. The summed E-state index contributed by atoms with van der Waals surface area (Å²) in [6.45, 7) is 4.47. The van der Waals surface area contributed by atoms with Crippen molar-refractivity contribution in [3.63, 3.8) is 0 Å². The minimum absolute atomic E-state index is 0.162. The highest BCUT2D eigenvalue weighted by atomic mass is 19.4. The minimum Gasteiger partial charge on any atom is -0.502 e. The Balaban J connectivity index is 1.86. The van der Waals surface area contributed by atoms with Gasteiger partial charge in [0, 0.05) is 6.07 Å². The number of halogens is 3. The van der Waals surface area contributed by atoms with E-state index in [4.69, 9.17) is 4.74 Å². The lowest BCUT2D eigenvalue weighted by Gasteiger charge is -2.16. The van der Waals surface area contributed by atoms with Crippen LogP contribution in [0.25, 0.3) is 5.57 Å². The third-order valence-electron chi connectivity index (χ3n) is 4.10. The molecule has 3 rings (SSSR count). The molecule has 0 aromatic heterocycles. The molecule has 1 N–H and O–H groups in total. The Kier molecular flexibility index (Phi) is 5.73. The summed E-state index contributed by atoms with van der Waals surface area (Å²) >= 11 is 0. The van der Waals surface area contributed by atoms with Gasteiger partial charge in [-0.1, -0.05) is 32.0 Å². The summed E-state index contributed by atoms with van der Waals surface area (Å²) in [5.74, 6) is -2.43. The number of alkyl halides is 3. The van der Waals surface area contributed by atoms with Crippen molar-refractivity contribution in [3.05, 3.63) is 59.9 Å². The molecule has 0 aliphatic carbocycles. The molecule has 0 saturated heterocycles. The van der Waals surface area contributed by atoms with Gasteiger partial charge in [0.15, 0.2) is 5.76 Å². The molecular formula is C21H18F3NO5. The largest absolute Gasteiger partial charge is 0.573 e. The van der Waals surface area contributed by atoms with Crippen molar-refractivity contribution in [2.24, 2.45) is 5.92 Å². The zero-order valence-corrected chi connectivity index (χ0v) is 16.1. The van der Waals surface area contributed by atoms with Crippen LogP contribution in [0.15, 0.2) is 54.3 Å². The summed E-state index contributed by atoms with van der Waals surface area (Å²) in [7, 11) is 0. The van der Waals surface area contributed by atoms with Crippen LogP contribution in [0.4, 0.5) is 18.9 Å². The molecule has 0 spiro atoms. The van der Waals surface area contributed by atoms with E-state index in [1.54, 1.807) is 12.1 Å². The van der Waals surface area contributed by atoms with Gasteiger partial charge in [-0.2, -0.15) is 0 Å². The van der Waals surface area contributed by atoms with Gasteiger partial charge < -0.3 is 14.6 Å². The molecule has 2 aromatic rings. The average Bonchev–Trinajstić information content (AvgIpc) is 2.88. The first-order chi connectivity index (χ1) is 14.1. The molecule has 0 unspecified atom stereocenters. The SMILES string of the molecule is CC(C)COc1ccc(C2=C(O)C(=O)N(c3cccc(OC(F)(F)F)c3)C2=O)cc1. The molecule has 0 bridgehead atoms. The lowest BCUT2D eigenvalue weighted by Crippen LogP contribution is -2.31. The lowest BCUT2D eigenvalue weighted by molar-refractivity contribution is -0.274. The van der Waals surface area contributed by atoms with Crippen molar-refractivity contribution in [2.75, 3.05) is 11.5 Å². The number of aliphatic hydroxyl groups excluding tert-OH is 1. The van der Waals surface area contributed by atoms with E-state index in [0.717, 1.165) is 12.1 Å². The van der Waals surface area contributed by atoms with E-state index in [9.17, 15) is 27.9 Å². The summed E-state index contributed by atoms with van der Waals surface area (Å²) in [6.07, 6.45) is -4.93. The van der Waals surface area contributed by atoms with Crippen molar-refractivity contribution < 1.29 is 37.3 Å². The number of rotatable bonds is 6. The van der Waals surface area contributed by atoms with Crippen molar-refractivity contribution in [1.29, 1.82) is 0 Å². The Morgan fingerprint density at radius 3 is 2.27 bits per heavy atom. The first-order valence-corrected chi connectivity index (χ1v) is 8.98. The minimum atomic E-state index is -4.93. The van der Waals surface area contributed by atoms with Crippen LogP contribution in [0.1, 0.15) is 19.4 Å². The second-order valence-electron chi connectivity index (χ2n) is 6.94. The number of nitrogens with zero attached hydrogens (tertiary/aromatic N) is 1. The van der Waals surface area contributed by atoms with Crippen molar-refractivity contribution in [3.8, 4) is 11.5 Å². The van der Waals surface area contributed by atoms with Gasteiger partial charge in [-0.05, 0) is 35.7 Å². The third-order valence-corrected chi connectivity index (χ3v) is 4.10. The van der Waals surface area contributed by atoms with Crippen LogP contribution in [-0.2, 0) is 9.59 Å². The first kappa shape index (κ1) is 21.2. The summed E-state index contributed by atoms with van der Waals surface area (Å²) in [5.41, 5.74) is -0.143. The number of aliphatic hydroxyl groups is 1. The zero-order valence-electron chi connectivity index (χ0n) is 16.1. The molecule has 2 aromatic carbocycles. The first-order valence-electron chi connectivity index (χ1n) is 8.98. The number of benzene rings is 2. The molecule has 1 heterocycles. The monoisotopic (exact) mass is 421 g/mol. The van der Waals surface area contributed by atoms with Gasteiger partial charge in [0.25, 0.3) is 5.91 Å². The van der Waals surface area contributed by atoms with Crippen molar-refractivity contribution in [2.45, 2.75) is 20.2 Å². The number of hydrogen-bond donors (Lipinski definition) is 1. The van der Waals surface area contributed by atoms with Crippen LogP contribution in [0, 0.1) is 5.92 Å². The van der Waals surface area contributed by atoms with Gasteiger partial charge >= 0.3 is 12.3 Å². The standard InChI is InChI=1S/C21H18F3NO5/c1-12(2)11-29-15-8-6-13(7-9-15)17-18(26)20(28)25(19(17)27)14-4-3-5-16(10-14)30-21(22,23)24/h3-10,12,26H,11H2,1-2H3. The molecule has 30 heavy (non-hydrogen) atoms. The maximum Gasteiger partial charge on any atom is 0.573 e. The van der Waals surface area contributed by atoms with Gasteiger partial charge in [0.2, 0.25) is 0 Å². The lowest BCUT2D eigenvalue weighted by atomic mass is 10.1. The van der Waals surface area contributed by atoms with Gasteiger partial charge in [-0.3, -0.25) is 9.59 Å². The summed E-state index contributed by atoms with van der Waals surface area (Å²) in [5, 5.41) is 10.2. The molecule has 6 nitrogen and oxygen atoms in total. The van der Waals surface area contributed by atoms with Crippen LogP contribution in [-0.4, -0.2) is 29.9 Å². The summed E-state index contributed by atoms with van der Waals surface area (Å²) in [6, 6.07) is 10.6. The van der Waals surface area contributed by atoms with E-state index in [1.165, 1.54) is 24.3 Å². The molecule has 9 heteroatoms. The molecule has 1 aliphatic rings. The number of carbonyl (C=O) groups excluding carboxylic acids is 2. The second-order valence-corrected chi connectivity index (χ2v) is 6.94. The average molecular weight is 421 g/mol. The van der Waals surface area contributed by atoms with Gasteiger partial charge in [-0.15, -0.1) is 13.2 Å². The van der Waals surface area contributed by atoms with Crippen LogP contribution in [0.5, 0.6) is 11.5 Å². The van der Waals surface area contributed by atoms with Gasteiger partial charge in [-0.25, -0.2) is 4.90 Å². The van der Waals surface area contributed by atoms with E-state index < -0.39 is 29.7 Å². The van der Waals surface area contributed by atoms with E-state index in [1.807, 2.05) is 13.8 Å². The summed E-state index contributed by atoms with van der Waals surface area (Å²) < 4.78 is 46.7. The van der Waals surface area contributed by atoms with E-state index in [2.05, 4.69) is 4.74 Å². The summed E-state index contributed by atoms with van der Waals surface area (Å²) in [4.78, 5) is 25.9. The Morgan fingerprint density at radius 2 is 1.67 bits per heavy atom. The molecule has 1 aliphatic heterocycles. The number of ether oxygens (including phenoxy) is 2. The van der Waals surface area contributed by atoms with E-state index in [0.29, 0.717) is 23.2 Å². The fraction of sp³-hybridized carbons (Fsp3) is 0.238. The fourth-order valence-corrected chi connectivity index (χ4v) is 2.81. The molecule has 2 amide bonds. The Morgan fingerprint density at radius 1 is 1.00 bits per heavy atom. The predicted octanol–water partition coefficient (Wildman–Crippen LogP) is 4.46. The van der Waals surface area contributed by atoms with Crippen LogP contribution < -0.4 is 14.4 Å². The molecule has 0 saturated carbocycles. The molecule has 0 atom stereocenters. The van der Waals surface area contributed by atoms with Crippen LogP contribution in [0.3, 0.4) is 0 Å². The third kappa shape index (κ3) is 4.56. The number of amides is 2. The number of imide groups is 1. The second kappa shape index (κ2) is 8.10. The van der Waals surface area contributed by atoms with Crippen LogP contribution in [0.2, 0.25) is 0 Å². The number of hydrogen-bond acceptors (Lipinski definition) is 5. The van der Waals surface area contributed by atoms with E-state index in [-0.39, 0.29) is 16.8 Å². The van der Waals surface area contributed by atoms with E-state index >= 15 is 0 Å². The highest BCUT2D eigenvalue weighted by Crippen LogP contribution is 2.34. The Labute approximate surface area is 170 Å². The molecule has 158 valence electrons. The maximum absolute atomic E-state index is 12.8. The van der Waals surface area contributed by atoms with Crippen LogP contribution >= 0.6 is 0 Å². The number of carbonyl (C=O) groups is 2. The van der Waals surface area contributed by atoms with Crippen molar-refractivity contribution >= 4 is 23.1 Å². The molecular weight excluding hydrogens is 403 g/mol. The highest BCUT2D eigenvalue weighted by Gasteiger charge is 2.40. The smallest absolute Gasteiger partial charge is 0.502 e.